The van der Waals surface area contributed by atoms with Crippen molar-refractivity contribution in [2.24, 2.45) is 0 Å². The Balaban J connectivity index is 1.55. The summed E-state index contributed by atoms with van der Waals surface area (Å²) >= 11 is 0. The van der Waals surface area contributed by atoms with Crippen LogP contribution in [0.15, 0.2) is 0 Å². The second-order valence-corrected chi connectivity index (χ2v) is 7.24. The topological polar surface area (TPSA) is 42.3 Å². The summed E-state index contributed by atoms with van der Waals surface area (Å²) in [6, 6.07) is 4.38. The van der Waals surface area contributed by atoms with E-state index in [9.17, 15) is 5.26 Å². The van der Waals surface area contributed by atoms with E-state index in [1.165, 1.54) is 51.9 Å². The number of nitrogens with one attached hydrogen (secondary N) is 1. The Labute approximate surface area is 123 Å². The molecule has 20 heavy (non-hydrogen) atoms. The van der Waals surface area contributed by atoms with Crippen molar-refractivity contribution in [2.45, 2.75) is 69.6 Å². The van der Waals surface area contributed by atoms with Gasteiger partial charge in [0.15, 0.2) is 0 Å². The van der Waals surface area contributed by atoms with Crippen LogP contribution >= 0.6 is 0 Å². The standard InChI is InChI=1S/C16H28N4/c1-13(10-16(2,12-17)18-14-5-6-14)20-9-8-19-7-3-4-15(19)11-20/h13-15,18H,3-11H2,1-2H3. The molecule has 4 heteroatoms. The van der Waals surface area contributed by atoms with Crippen molar-refractivity contribution in [1.82, 2.24) is 15.1 Å². The Morgan fingerprint density at radius 1 is 1.30 bits per heavy atom. The number of rotatable bonds is 5. The summed E-state index contributed by atoms with van der Waals surface area (Å²) in [5.41, 5.74) is -0.354. The summed E-state index contributed by atoms with van der Waals surface area (Å²) in [6.07, 6.45) is 6.15. The molecule has 1 aliphatic carbocycles. The van der Waals surface area contributed by atoms with E-state index in [4.69, 9.17) is 0 Å². The van der Waals surface area contributed by atoms with E-state index < -0.39 is 0 Å². The summed E-state index contributed by atoms with van der Waals surface area (Å²) in [5.74, 6) is 0. The van der Waals surface area contributed by atoms with Crippen molar-refractivity contribution in [1.29, 1.82) is 5.26 Å². The highest BCUT2D eigenvalue weighted by Gasteiger charge is 2.37. The Morgan fingerprint density at radius 3 is 2.80 bits per heavy atom. The number of fused-ring (bicyclic) bond motifs is 1. The van der Waals surface area contributed by atoms with Crippen molar-refractivity contribution in [2.75, 3.05) is 26.2 Å². The third-order valence-corrected chi connectivity index (χ3v) is 5.29. The van der Waals surface area contributed by atoms with E-state index in [1.807, 2.05) is 0 Å². The quantitative estimate of drug-likeness (QED) is 0.828. The molecule has 0 aromatic heterocycles. The molecule has 3 unspecified atom stereocenters. The summed E-state index contributed by atoms with van der Waals surface area (Å²) < 4.78 is 0. The van der Waals surface area contributed by atoms with E-state index in [2.05, 4.69) is 35.0 Å². The Bertz CT molecular complexity index is 386. The maximum atomic E-state index is 9.52. The molecule has 3 aliphatic rings. The minimum absolute atomic E-state index is 0.354. The maximum Gasteiger partial charge on any atom is 0.105 e. The molecule has 4 nitrogen and oxygen atoms in total. The normalized spacial score (nSPS) is 32.4. The van der Waals surface area contributed by atoms with Gasteiger partial charge in [0, 0.05) is 37.8 Å². The molecule has 0 amide bonds. The van der Waals surface area contributed by atoms with Crippen LogP contribution in [0, 0.1) is 11.3 Å². The lowest BCUT2D eigenvalue weighted by molar-refractivity contribution is 0.0675. The smallest absolute Gasteiger partial charge is 0.105 e. The monoisotopic (exact) mass is 276 g/mol. The van der Waals surface area contributed by atoms with Gasteiger partial charge in [-0.05, 0) is 52.5 Å². The molecule has 0 aromatic carbocycles. The van der Waals surface area contributed by atoms with Crippen molar-refractivity contribution in [3.8, 4) is 6.07 Å². The van der Waals surface area contributed by atoms with E-state index >= 15 is 0 Å². The fourth-order valence-electron chi connectivity index (χ4n) is 3.95. The van der Waals surface area contributed by atoms with Gasteiger partial charge in [-0.3, -0.25) is 15.1 Å². The number of nitrogens with zero attached hydrogens (tertiary/aromatic N) is 3. The van der Waals surface area contributed by atoms with Crippen LogP contribution in [-0.2, 0) is 0 Å². The summed E-state index contributed by atoms with van der Waals surface area (Å²) in [6.45, 7) is 9.26. The van der Waals surface area contributed by atoms with Crippen molar-refractivity contribution >= 4 is 0 Å². The minimum Gasteiger partial charge on any atom is -0.298 e. The zero-order valence-corrected chi connectivity index (χ0v) is 12.9. The predicted molar refractivity (Wildman–Crippen MR) is 80.4 cm³/mol. The van der Waals surface area contributed by atoms with Crippen molar-refractivity contribution in [3.05, 3.63) is 0 Å². The molecule has 0 aromatic rings. The number of piperazine rings is 1. The predicted octanol–water partition coefficient (Wildman–Crippen LogP) is 1.58. The average molecular weight is 276 g/mol. The molecule has 2 heterocycles. The van der Waals surface area contributed by atoms with Gasteiger partial charge < -0.3 is 0 Å². The van der Waals surface area contributed by atoms with Gasteiger partial charge >= 0.3 is 0 Å². The van der Waals surface area contributed by atoms with E-state index in [0.29, 0.717) is 12.1 Å². The average Bonchev–Trinajstić information content (AvgIpc) is 3.11. The Hall–Kier alpha value is -0.630. The highest BCUT2D eigenvalue weighted by atomic mass is 15.3. The zero-order valence-electron chi connectivity index (χ0n) is 12.9. The molecule has 0 spiro atoms. The van der Waals surface area contributed by atoms with Gasteiger partial charge in [0.2, 0.25) is 0 Å². The minimum atomic E-state index is -0.354. The lowest BCUT2D eigenvalue weighted by Gasteiger charge is -2.42. The number of hydrogen-bond donors (Lipinski definition) is 1. The van der Waals surface area contributed by atoms with Crippen LogP contribution < -0.4 is 5.32 Å². The largest absolute Gasteiger partial charge is 0.298 e. The lowest BCUT2D eigenvalue weighted by Crippen LogP contribution is -2.55. The van der Waals surface area contributed by atoms with Crippen LogP contribution in [0.25, 0.3) is 0 Å². The van der Waals surface area contributed by atoms with E-state index in [-0.39, 0.29) is 5.54 Å². The van der Waals surface area contributed by atoms with Crippen LogP contribution in [0.5, 0.6) is 0 Å². The van der Waals surface area contributed by atoms with Crippen LogP contribution in [0.3, 0.4) is 0 Å². The molecule has 112 valence electrons. The van der Waals surface area contributed by atoms with Crippen molar-refractivity contribution < 1.29 is 0 Å². The second-order valence-electron chi connectivity index (χ2n) is 7.24. The van der Waals surface area contributed by atoms with Crippen molar-refractivity contribution in [3.63, 3.8) is 0 Å². The Morgan fingerprint density at radius 2 is 2.10 bits per heavy atom. The van der Waals surface area contributed by atoms with Crippen LogP contribution in [0.1, 0.15) is 46.0 Å². The third kappa shape index (κ3) is 3.16. The highest BCUT2D eigenvalue weighted by Crippen LogP contribution is 2.27. The molecule has 1 saturated carbocycles. The zero-order chi connectivity index (χ0) is 14.2. The fraction of sp³-hybridized carbons (Fsp3) is 0.938. The lowest BCUT2D eigenvalue weighted by atomic mass is 9.93. The third-order valence-electron chi connectivity index (χ3n) is 5.29. The maximum absolute atomic E-state index is 9.52. The molecule has 0 bridgehead atoms. The second kappa shape index (κ2) is 5.63. The van der Waals surface area contributed by atoms with E-state index in [0.717, 1.165) is 12.5 Å². The van der Waals surface area contributed by atoms with Gasteiger partial charge in [-0.1, -0.05) is 0 Å². The first kappa shape index (κ1) is 14.3. The molecule has 2 saturated heterocycles. The molecule has 3 fully saturated rings. The van der Waals surface area contributed by atoms with Gasteiger partial charge in [0.1, 0.15) is 5.54 Å². The van der Waals surface area contributed by atoms with E-state index in [1.54, 1.807) is 0 Å². The summed E-state index contributed by atoms with van der Waals surface area (Å²) in [7, 11) is 0. The Kier molecular flexibility index (Phi) is 4.03. The molecular weight excluding hydrogens is 248 g/mol. The highest BCUT2D eigenvalue weighted by molar-refractivity contribution is 5.09. The van der Waals surface area contributed by atoms with Crippen LogP contribution in [0.4, 0.5) is 0 Å². The first-order valence-electron chi connectivity index (χ1n) is 8.27. The van der Waals surface area contributed by atoms with Gasteiger partial charge in [0.05, 0.1) is 6.07 Å². The molecule has 3 atom stereocenters. The van der Waals surface area contributed by atoms with Gasteiger partial charge in [-0.2, -0.15) is 5.26 Å². The summed E-state index contributed by atoms with van der Waals surface area (Å²) in [4.78, 5) is 5.26. The molecule has 1 N–H and O–H groups in total. The first-order chi connectivity index (χ1) is 9.59. The van der Waals surface area contributed by atoms with Crippen LogP contribution in [-0.4, -0.2) is 59.6 Å². The van der Waals surface area contributed by atoms with Gasteiger partial charge in [0.25, 0.3) is 0 Å². The van der Waals surface area contributed by atoms with Gasteiger partial charge in [-0.15, -0.1) is 0 Å². The fourth-order valence-corrected chi connectivity index (χ4v) is 3.95. The SMILES string of the molecule is CC(CC(C)(C#N)NC1CC1)N1CCN2CCCC2C1. The number of nitriles is 1. The molecule has 2 aliphatic heterocycles. The molecular formula is C16H28N4. The number of hydrogen-bond acceptors (Lipinski definition) is 4. The molecule has 0 radical (unpaired) electrons. The first-order valence-corrected chi connectivity index (χ1v) is 8.27. The van der Waals surface area contributed by atoms with Crippen LogP contribution in [0.2, 0.25) is 0 Å². The summed E-state index contributed by atoms with van der Waals surface area (Å²) in [5, 5.41) is 13.1. The molecule has 3 rings (SSSR count). The van der Waals surface area contributed by atoms with Gasteiger partial charge in [-0.25, -0.2) is 0 Å².